The lowest BCUT2D eigenvalue weighted by atomic mass is 9.95. The molecule has 0 aliphatic carbocycles. The summed E-state index contributed by atoms with van der Waals surface area (Å²) < 4.78 is 18.2. The molecule has 43 heavy (non-hydrogen) atoms. The van der Waals surface area contributed by atoms with E-state index in [1.165, 1.54) is 16.2 Å². The lowest BCUT2D eigenvalue weighted by molar-refractivity contribution is -0.132. The van der Waals surface area contributed by atoms with Crippen LogP contribution in [0, 0.1) is 6.92 Å². The van der Waals surface area contributed by atoms with Gasteiger partial charge >= 0.3 is 5.91 Å². The SMILES string of the molecule is CCCCCOc1ccc(C2/C(=C(\O)c3ccc(OCCC)cc3)C(=O)C(=O)N2c2nc3ccc(C)cc3s2)cc1OC. The third kappa shape index (κ3) is 6.22. The Labute approximate surface area is 255 Å². The number of amides is 1. The van der Waals surface area contributed by atoms with Crippen molar-refractivity contribution in [3.05, 3.63) is 82.9 Å². The number of aliphatic hydroxyl groups excluding tert-OH is 1. The molecular weight excluding hydrogens is 564 g/mol. The zero-order valence-corrected chi connectivity index (χ0v) is 25.7. The molecule has 0 saturated carbocycles. The molecule has 0 spiro atoms. The molecule has 9 heteroatoms. The number of thiazole rings is 1. The first-order chi connectivity index (χ1) is 20.9. The molecule has 3 aromatic carbocycles. The van der Waals surface area contributed by atoms with Crippen molar-refractivity contribution in [3.63, 3.8) is 0 Å². The molecule has 1 atom stereocenters. The minimum Gasteiger partial charge on any atom is -0.507 e. The highest BCUT2D eigenvalue weighted by Gasteiger charge is 2.48. The maximum Gasteiger partial charge on any atom is 0.301 e. The maximum absolute atomic E-state index is 13.7. The fraction of sp³-hybridized carbons (Fsp3) is 0.324. The number of hydrogen-bond acceptors (Lipinski definition) is 8. The van der Waals surface area contributed by atoms with Crippen LogP contribution < -0.4 is 19.1 Å². The van der Waals surface area contributed by atoms with Crippen LogP contribution in [-0.4, -0.2) is 42.1 Å². The van der Waals surface area contributed by atoms with Crippen LogP contribution in [0.5, 0.6) is 17.2 Å². The summed E-state index contributed by atoms with van der Waals surface area (Å²) in [5.41, 5.74) is 2.74. The van der Waals surface area contributed by atoms with Crippen molar-refractivity contribution in [2.75, 3.05) is 25.2 Å². The second-order valence-corrected chi connectivity index (χ2v) is 11.5. The van der Waals surface area contributed by atoms with E-state index in [0.717, 1.165) is 41.5 Å². The molecule has 2 heterocycles. The monoisotopic (exact) mass is 600 g/mol. The summed E-state index contributed by atoms with van der Waals surface area (Å²) in [7, 11) is 1.55. The van der Waals surface area contributed by atoms with Crippen LogP contribution in [0.25, 0.3) is 16.0 Å². The van der Waals surface area contributed by atoms with Crippen molar-refractivity contribution in [1.29, 1.82) is 0 Å². The van der Waals surface area contributed by atoms with E-state index < -0.39 is 17.7 Å². The number of carbonyl (C=O) groups is 2. The number of nitrogens with zero attached hydrogens (tertiary/aromatic N) is 2. The van der Waals surface area contributed by atoms with Crippen LogP contribution in [-0.2, 0) is 9.59 Å². The van der Waals surface area contributed by atoms with Crippen LogP contribution in [0.4, 0.5) is 5.13 Å². The van der Waals surface area contributed by atoms with Gasteiger partial charge in [-0.15, -0.1) is 0 Å². The van der Waals surface area contributed by atoms with E-state index in [2.05, 4.69) is 6.92 Å². The number of ether oxygens (including phenoxy) is 3. The Kier molecular flexibility index (Phi) is 9.31. The molecule has 1 N–H and O–H groups in total. The number of aliphatic hydroxyl groups is 1. The Morgan fingerprint density at radius 3 is 2.44 bits per heavy atom. The molecule has 1 aromatic heterocycles. The summed E-state index contributed by atoms with van der Waals surface area (Å²) in [6.07, 6.45) is 3.92. The topological polar surface area (TPSA) is 98.2 Å². The summed E-state index contributed by atoms with van der Waals surface area (Å²) in [6.45, 7) is 7.25. The number of ketones is 1. The Balaban J connectivity index is 1.62. The normalized spacial score (nSPS) is 16.2. The number of carbonyl (C=O) groups excluding carboxylic acids is 2. The number of fused-ring (bicyclic) bond motifs is 1. The third-order valence-electron chi connectivity index (χ3n) is 7.29. The number of methoxy groups -OCH3 is 1. The van der Waals surface area contributed by atoms with Gasteiger partial charge in [0.2, 0.25) is 0 Å². The zero-order valence-electron chi connectivity index (χ0n) is 24.9. The van der Waals surface area contributed by atoms with Crippen LogP contribution in [0.1, 0.15) is 62.3 Å². The smallest absolute Gasteiger partial charge is 0.301 e. The first-order valence-electron chi connectivity index (χ1n) is 14.6. The van der Waals surface area contributed by atoms with E-state index in [-0.39, 0.29) is 11.3 Å². The summed E-state index contributed by atoms with van der Waals surface area (Å²) in [5, 5.41) is 11.9. The molecule has 1 unspecified atom stereocenters. The molecular formula is C34H36N2O6S. The predicted octanol–water partition coefficient (Wildman–Crippen LogP) is 7.60. The number of benzene rings is 3. The fourth-order valence-corrected chi connectivity index (χ4v) is 6.15. The van der Waals surface area contributed by atoms with Gasteiger partial charge < -0.3 is 19.3 Å². The number of aryl methyl sites for hydroxylation is 1. The number of aromatic nitrogens is 1. The van der Waals surface area contributed by atoms with Crippen LogP contribution >= 0.6 is 11.3 Å². The maximum atomic E-state index is 13.7. The molecule has 224 valence electrons. The molecule has 4 aromatic rings. The summed E-state index contributed by atoms with van der Waals surface area (Å²) in [6, 6.07) is 17.1. The fourth-order valence-electron chi connectivity index (χ4n) is 5.06. The second-order valence-electron chi connectivity index (χ2n) is 10.5. The molecule has 0 bridgehead atoms. The molecule has 1 amide bonds. The standard InChI is InChI=1S/C34H36N2O6S/c1-5-7-8-18-42-26-16-12-23(20-27(26)40-4)30-29(31(37)22-10-13-24(14-11-22)41-17-6-2)32(38)33(39)36(30)34-35-25-15-9-21(3)19-28(25)43-34/h9-16,19-20,30,37H,5-8,17-18H2,1-4H3/b31-29+. The van der Waals surface area contributed by atoms with Crippen molar-refractivity contribution < 1.29 is 28.9 Å². The van der Waals surface area contributed by atoms with Crippen molar-refractivity contribution in [2.45, 2.75) is 52.5 Å². The molecule has 1 aliphatic heterocycles. The lowest BCUT2D eigenvalue weighted by Crippen LogP contribution is -2.29. The van der Waals surface area contributed by atoms with Gasteiger partial charge in [-0.2, -0.15) is 0 Å². The van der Waals surface area contributed by atoms with Gasteiger partial charge in [0.15, 0.2) is 16.6 Å². The number of anilines is 1. The van der Waals surface area contributed by atoms with E-state index in [4.69, 9.17) is 19.2 Å². The average Bonchev–Trinajstić information content (AvgIpc) is 3.55. The first kappa shape index (κ1) is 30.1. The second kappa shape index (κ2) is 13.3. The largest absolute Gasteiger partial charge is 0.507 e. The van der Waals surface area contributed by atoms with Crippen molar-refractivity contribution in [1.82, 2.24) is 4.98 Å². The minimum atomic E-state index is -0.944. The Hall–Kier alpha value is -4.37. The number of Topliss-reactive ketones (excluding diaryl/α,β-unsaturated/α-hetero) is 1. The van der Waals surface area contributed by atoms with Crippen molar-refractivity contribution in [3.8, 4) is 17.2 Å². The predicted molar refractivity (Wildman–Crippen MR) is 169 cm³/mol. The molecule has 1 fully saturated rings. The highest BCUT2D eigenvalue weighted by molar-refractivity contribution is 7.22. The summed E-state index contributed by atoms with van der Waals surface area (Å²) >= 11 is 1.33. The van der Waals surface area contributed by atoms with Gasteiger partial charge in [-0.3, -0.25) is 14.5 Å². The number of hydrogen-bond donors (Lipinski definition) is 1. The molecule has 0 radical (unpaired) electrons. The summed E-state index contributed by atoms with van der Waals surface area (Å²) in [5.74, 6) is -0.135. The van der Waals surface area contributed by atoms with E-state index in [0.29, 0.717) is 46.7 Å². The average molecular weight is 601 g/mol. The van der Waals surface area contributed by atoms with E-state index >= 15 is 0 Å². The quantitative estimate of drug-likeness (QED) is 0.0774. The molecule has 1 saturated heterocycles. The summed E-state index contributed by atoms with van der Waals surface area (Å²) in [4.78, 5) is 33.5. The van der Waals surface area contributed by atoms with Crippen LogP contribution in [0.2, 0.25) is 0 Å². The first-order valence-corrected chi connectivity index (χ1v) is 15.4. The lowest BCUT2D eigenvalue weighted by Gasteiger charge is -2.24. The molecule has 8 nitrogen and oxygen atoms in total. The van der Waals surface area contributed by atoms with Gasteiger partial charge in [0.25, 0.3) is 5.78 Å². The van der Waals surface area contributed by atoms with Crippen molar-refractivity contribution >= 4 is 44.1 Å². The van der Waals surface area contributed by atoms with Gasteiger partial charge in [-0.1, -0.05) is 50.2 Å². The van der Waals surface area contributed by atoms with Crippen LogP contribution in [0.15, 0.2) is 66.2 Å². The van der Waals surface area contributed by atoms with Crippen LogP contribution in [0.3, 0.4) is 0 Å². The Morgan fingerprint density at radius 2 is 1.72 bits per heavy atom. The highest BCUT2D eigenvalue weighted by atomic mass is 32.1. The van der Waals surface area contributed by atoms with Gasteiger partial charge in [-0.25, -0.2) is 4.98 Å². The van der Waals surface area contributed by atoms with E-state index in [1.54, 1.807) is 49.6 Å². The Bertz CT molecular complexity index is 1660. The van der Waals surface area contributed by atoms with Gasteiger partial charge in [-0.05, 0) is 79.4 Å². The molecule has 1 aliphatic rings. The van der Waals surface area contributed by atoms with Crippen molar-refractivity contribution in [2.24, 2.45) is 0 Å². The van der Waals surface area contributed by atoms with E-state index in [9.17, 15) is 14.7 Å². The van der Waals surface area contributed by atoms with E-state index in [1.807, 2.05) is 32.0 Å². The zero-order chi connectivity index (χ0) is 30.5. The highest BCUT2D eigenvalue weighted by Crippen LogP contribution is 2.46. The number of rotatable bonds is 12. The minimum absolute atomic E-state index is 0.0265. The van der Waals surface area contributed by atoms with Gasteiger partial charge in [0.1, 0.15) is 11.5 Å². The van der Waals surface area contributed by atoms with Gasteiger partial charge in [0, 0.05) is 5.56 Å². The Morgan fingerprint density at radius 1 is 0.930 bits per heavy atom. The van der Waals surface area contributed by atoms with Gasteiger partial charge in [0.05, 0.1) is 42.2 Å². The molecule has 5 rings (SSSR count). The number of unbranched alkanes of at least 4 members (excludes halogenated alkanes) is 2. The third-order valence-corrected chi connectivity index (χ3v) is 8.31.